The van der Waals surface area contributed by atoms with Crippen LogP contribution < -0.4 is 0 Å². The number of para-hydroxylation sites is 1. The van der Waals surface area contributed by atoms with E-state index in [9.17, 15) is 5.26 Å². The zero-order valence-corrected chi connectivity index (χ0v) is 36.5. The highest BCUT2D eigenvalue weighted by Gasteiger charge is 2.21. The van der Waals surface area contributed by atoms with Gasteiger partial charge in [-0.2, -0.15) is 5.26 Å². The van der Waals surface area contributed by atoms with Crippen LogP contribution in [0.3, 0.4) is 0 Å². The molecule has 0 radical (unpaired) electrons. The van der Waals surface area contributed by atoms with Crippen molar-refractivity contribution < 1.29 is 0 Å². The maximum Gasteiger partial charge on any atom is 0.0991 e. The monoisotopic (exact) mass is 848 g/mol. The third-order valence-corrected chi connectivity index (χ3v) is 13.8. The highest BCUT2D eigenvalue weighted by Crippen LogP contribution is 2.48. The first-order valence-electron chi connectivity index (χ1n) is 22.9. The Bertz CT molecular complexity index is 4120. The molecule has 0 amide bonds. The molecule has 0 saturated carbocycles. The van der Waals surface area contributed by atoms with Gasteiger partial charge in [0.15, 0.2) is 0 Å². The summed E-state index contributed by atoms with van der Waals surface area (Å²) in [5, 5.41) is 21.9. The normalized spacial score (nSPS) is 11.6. The van der Waals surface area contributed by atoms with Gasteiger partial charge >= 0.3 is 0 Å². The molecule has 0 aliphatic carbocycles. The minimum absolute atomic E-state index is 0.655. The van der Waals surface area contributed by atoms with Crippen molar-refractivity contribution >= 4 is 64.9 Å². The van der Waals surface area contributed by atoms with Crippen LogP contribution in [0, 0.1) is 11.3 Å². The summed E-state index contributed by atoms with van der Waals surface area (Å²) in [5.74, 6) is 0. The van der Waals surface area contributed by atoms with Crippen LogP contribution in [0.15, 0.2) is 243 Å². The van der Waals surface area contributed by atoms with Gasteiger partial charge in [-0.25, -0.2) is 0 Å². The number of hydrogen-bond acceptors (Lipinski definition) is 1. The summed E-state index contributed by atoms with van der Waals surface area (Å²) in [6.07, 6.45) is 0. The molecule has 12 aromatic carbocycles. The number of fused-ring (bicyclic) bond motifs is 7. The Kier molecular flexibility index (Phi) is 8.95. The van der Waals surface area contributed by atoms with Gasteiger partial charge < -0.3 is 4.57 Å². The molecule has 2 nitrogen and oxygen atoms in total. The van der Waals surface area contributed by atoms with E-state index in [-0.39, 0.29) is 0 Å². The third kappa shape index (κ3) is 6.33. The van der Waals surface area contributed by atoms with E-state index in [1.54, 1.807) is 0 Å². The average Bonchev–Trinajstić information content (AvgIpc) is 3.73. The molecule has 0 spiro atoms. The summed E-state index contributed by atoms with van der Waals surface area (Å²) in [5.41, 5.74) is 15.9. The molecular weight excluding hydrogens is 809 g/mol. The van der Waals surface area contributed by atoms with Crippen molar-refractivity contribution in [1.82, 2.24) is 4.57 Å². The van der Waals surface area contributed by atoms with E-state index in [0.29, 0.717) is 5.56 Å². The van der Waals surface area contributed by atoms with Gasteiger partial charge in [0, 0.05) is 16.5 Å². The Morgan fingerprint density at radius 3 is 1.25 bits per heavy atom. The van der Waals surface area contributed by atoms with Crippen LogP contribution in [0.25, 0.3) is 126 Å². The lowest BCUT2D eigenvalue weighted by Gasteiger charge is -2.21. The first-order chi connectivity index (χ1) is 33.2. The lowest BCUT2D eigenvalue weighted by molar-refractivity contribution is 1.18. The number of nitrogens with zero attached hydrogens (tertiary/aromatic N) is 2. The SMILES string of the molecule is N#Cc1ccc2c(c1)c1cc(-c3ccc(-c4ccc5c(-c6cccc7ccccc67)c6cc(-c7ccccc7)ccc6c(-c6cccc7ccccc67)c5c4)cc3)ccc1n2-c1ccccc1. The van der Waals surface area contributed by atoms with Crippen LogP contribution in [0.2, 0.25) is 0 Å². The van der Waals surface area contributed by atoms with E-state index in [1.807, 2.05) is 18.2 Å². The second-order valence-electron chi connectivity index (χ2n) is 17.5. The minimum Gasteiger partial charge on any atom is -0.309 e. The van der Waals surface area contributed by atoms with Gasteiger partial charge in [0.25, 0.3) is 0 Å². The molecule has 1 heterocycles. The van der Waals surface area contributed by atoms with E-state index >= 15 is 0 Å². The lowest BCUT2D eigenvalue weighted by atomic mass is 9.82. The molecule has 13 rings (SSSR count). The van der Waals surface area contributed by atoms with Gasteiger partial charge in [-0.15, -0.1) is 0 Å². The van der Waals surface area contributed by atoms with Gasteiger partial charge in [0.2, 0.25) is 0 Å². The van der Waals surface area contributed by atoms with Crippen LogP contribution in [-0.2, 0) is 0 Å². The van der Waals surface area contributed by atoms with E-state index in [4.69, 9.17) is 0 Å². The Morgan fingerprint density at radius 2 is 0.701 bits per heavy atom. The highest BCUT2D eigenvalue weighted by atomic mass is 15.0. The van der Waals surface area contributed by atoms with Gasteiger partial charge in [-0.05, 0) is 153 Å². The minimum atomic E-state index is 0.655. The standard InChI is InChI=1S/C65H40N2/c66-41-42-25-35-62-58(37-42)59-38-50(32-36-63(59)67(62)51-19-5-2-6-20-51)45-28-26-44(27-29-45)49-31-34-57-61(40-49)65(55-24-12-18-47-16-8-10-22-53(47)55)56-33-30-48(43-13-3-1-4-14-43)39-60(56)64(57)54-23-11-17-46-15-7-9-21-52(46)54/h1-40H. The van der Waals surface area contributed by atoms with E-state index in [1.165, 1.54) is 76.5 Å². The molecule has 2 heteroatoms. The summed E-state index contributed by atoms with van der Waals surface area (Å²) in [6.45, 7) is 0. The molecule has 0 aliphatic heterocycles. The predicted octanol–water partition coefficient (Wildman–Crippen LogP) is 17.6. The van der Waals surface area contributed by atoms with E-state index in [2.05, 4.69) is 235 Å². The topological polar surface area (TPSA) is 28.7 Å². The Labute approximate surface area is 388 Å². The maximum absolute atomic E-state index is 9.86. The van der Waals surface area contributed by atoms with Crippen molar-refractivity contribution in [2.75, 3.05) is 0 Å². The summed E-state index contributed by atoms with van der Waals surface area (Å²) in [7, 11) is 0. The van der Waals surface area contributed by atoms with Crippen molar-refractivity contribution in [1.29, 1.82) is 5.26 Å². The number of hydrogen-bond donors (Lipinski definition) is 0. The lowest BCUT2D eigenvalue weighted by Crippen LogP contribution is -1.94. The fourth-order valence-corrected chi connectivity index (χ4v) is 10.7. The van der Waals surface area contributed by atoms with Crippen molar-refractivity contribution in [3.63, 3.8) is 0 Å². The molecule has 1 aromatic heterocycles. The average molecular weight is 849 g/mol. The first kappa shape index (κ1) is 38.4. The van der Waals surface area contributed by atoms with Crippen LogP contribution in [-0.4, -0.2) is 4.57 Å². The summed E-state index contributed by atoms with van der Waals surface area (Å²) < 4.78 is 2.29. The maximum atomic E-state index is 9.86. The van der Waals surface area contributed by atoms with Gasteiger partial charge in [-0.3, -0.25) is 0 Å². The Balaban J connectivity index is 1.02. The Hall–Kier alpha value is -9.03. The zero-order chi connectivity index (χ0) is 44.4. The van der Waals surface area contributed by atoms with Crippen molar-refractivity contribution in [2.24, 2.45) is 0 Å². The van der Waals surface area contributed by atoms with Crippen molar-refractivity contribution in [2.45, 2.75) is 0 Å². The quantitative estimate of drug-likeness (QED) is 0.153. The van der Waals surface area contributed by atoms with Crippen LogP contribution in [0.4, 0.5) is 0 Å². The largest absolute Gasteiger partial charge is 0.309 e. The number of benzene rings is 12. The summed E-state index contributed by atoms with van der Waals surface area (Å²) in [6, 6.07) is 90.5. The molecule has 13 aromatic rings. The van der Waals surface area contributed by atoms with E-state index in [0.717, 1.165) is 49.7 Å². The van der Waals surface area contributed by atoms with E-state index < -0.39 is 0 Å². The smallest absolute Gasteiger partial charge is 0.0991 e. The molecule has 310 valence electrons. The number of nitriles is 1. The fraction of sp³-hybridized carbons (Fsp3) is 0. The second-order valence-corrected chi connectivity index (χ2v) is 17.5. The molecular formula is C65H40N2. The summed E-state index contributed by atoms with van der Waals surface area (Å²) >= 11 is 0. The van der Waals surface area contributed by atoms with Crippen LogP contribution >= 0.6 is 0 Å². The first-order valence-corrected chi connectivity index (χ1v) is 22.9. The number of rotatable bonds is 6. The van der Waals surface area contributed by atoms with Crippen molar-refractivity contribution in [3.8, 4) is 67.4 Å². The van der Waals surface area contributed by atoms with Gasteiger partial charge in [0.05, 0.1) is 22.7 Å². The Morgan fingerprint density at radius 1 is 0.284 bits per heavy atom. The highest BCUT2D eigenvalue weighted by molar-refractivity contribution is 6.26. The van der Waals surface area contributed by atoms with Crippen LogP contribution in [0.1, 0.15) is 5.56 Å². The molecule has 0 N–H and O–H groups in total. The molecule has 67 heavy (non-hydrogen) atoms. The molecule has 0 aliphatic rings. The molecule has 0 bridgehead atoms. The molecule has 0 fully saturated rings. The third-order valence-electron chi connectivity index (χ3n) is 13.8. The predicted molar refractivity (Wildman–Crippen MR) is 283 cm³/mol. The fourth-order valence-electron chi connectivity index (χ4n) is 10.7. The van der Waals surface area contributed by atoms with Gasteiger partial charge in [-0.1, -0.05) is 188 Å². The van der Waals surface area contributed by atoms with Crippen LogP contribution in [0.5, 0.6) is 0 Å². The molecule has 0 saturated heterocycles. The molecule has 0 atom stereocenters. The van der Waals surface area contributed by atoms with Gasteiger partial charge in [0.1, 0.15) is 0 Å². The summed E-state index contributed by atoms with van der Waals surface area (Å²) in [4.78, 5) is 0. The zero-order valence-electron chi connectivity index (χ0n) is 36.5. The molecule has 0 unspecified atom stereocenters. The number of aromatic nitrogens is 1. The van der Waals surface area contributed by atoms with Crippen molar-refractivity contribution in [3.05, 3.63) is 248 Å². The second kappa shape index (κ2) is 15.6.